The zero-order valence-corrected chi connectivity index (χ0v) is 14.6. The van der Waals surface area contributed by atoms with E-state index < -0.39 is 18.4 Å². The smallest absolute Gasteiger partial charge is 0.323 e. The van der Waals surface area contributed by atoms with E-state index in [9.17, 15) is 9.59 Å². The van der Waals surface area contributed by atoms with Crippen LogP contribution in [0.1, 0.15) is 17.5 Å². The predicted octanol–water partition coefficient (Wildman–Crippen LogP) is 2.19. The summed E-state index contributed by atoms with van der Waals surface area (Å²) in [5.41, 5.74) is 3.59. The summed E-state index contributed by atoms with van der Waals surface area (Å²) in [4.78, 5) is 26.0. The van der Waals surface area contributed by atoms with Crippen molar-refractivity contribution < 1.29 is 19.4 Å². The summed E-state index contributed by atoms with van der Waals surface area (Å²) in [7, 11) is 2.09. The molecule has 6 nitrogen and oxygen atoms in total. The van der Waals surface area contributed by atoms with E-state index >= 15 is 0 Å². The molecule has 0 radical (unpaired) electrons. The second-order valence-corrected chi connectivity index (χ2v) is 6.31. The quantitative estimate of drug-likeness (QED) is 0.657. The van der Waals surface area contributed by atoms with Gasteiger partial charge in [-0.2, -0.15) is 0 Å². The second-order valence-electron chi connectivity index (χ2n) is 5.96. The van der Waals surface area contributed by atoms with Gasteiger partial charge in [-0.25, -0.2) is 0 Å². The van der Waals surface area contributed by atoms with Gasteiger partial charge < -0.3 is 14.7 Å². The molecule has 0 saturated carbocycles. The third kappa shape index (κ3) is 3.71. The molecule has 0 bridgehead atoms. The van der Waals surface area contributed by atoms with Gasteiger partial charge in [-0.05, 0) is 54.4 Å². The number of anilines is 1. The number of aliphatic carboxylic acids is 1. The van der Waals surface area contributed by atoms with Crippen molar-refractivity contribution in [2.45, 2.75) is 12.8 Å². The highest BCUT2D eigenvalue weighted by Crippen LogP contribution is 2.27. The first-order valence-electron chi connectivity index (χ1n) is 7.93. The van der Waals surface area contributed by atoms with Crippen LogP contribution in [0.5, 0.6) is 0 Å². The topological polar surface area (TPSA) is 70.1 Å². The number of carbonyl (C=O) groups is 2. The Bertz CT molecular complexity index is 800. The number of carboxylic acid groups (broad SMARTS) is 1. The number of hydrogen-bond acceptors (Lipinski definition) is 5. The highest BCUT2D eigenvalue weighted by Gasteiger charge is 2.34. The molecule has 1 saturated heterocycles. The molecule has 1 aromatic carbocycles. The first kappa shape index (κ1) is 17.2. The zero-order valence-electron chi connectivity index (χ0n) is 13.8. The van der Waals surface area contributed by atoms with Crippen LogP contribution in [0.15, 0.2) is 36.1 Å². The van der Waals surface area contributed by atoms with E-state index in [0.29, 0.717) is 0 Å². The van der Waals surface area contributed by atoms with Crippen LogP contribution in [-0.2, 0) is 20.7 Å². The fraction of sp³-hybridized carbons (Fsp3) is 0.278. The molecule has 1 amide bonds. The van der Waals surface area contributed by atoms with Crippen LogP contribution >= 0.6 is 12.2 Å². The number of allylic oxidation sites excluding steroid dienone is 2. The zero-order chi connectivity index (χ0) is 18.0. The van der Waals surface area contributed by atoms with Gasteiger partial charge in [-0.1, -0.05) is 18.2 Å². The van der Waals surface area contributed by atoms with Crippen LogP contribution in [0.25, 0.3) is 6.08 Å². The number of carboxylic acids is 1. The van der Waals surface area contributed by atoms with Gasteiger partial charge in [-0.15, -0.1) is 0 Å². The van der Waals surface area contributed by atoms with E-state index in [2.05, 4.69) is 24.1 Å². The van der Waals surface area contributed by atoms with Gasteiger partial charge in [-0.3, -0.25) is 14.5 Å². The Labute approximate surface area is 151 Å². The van der Waals surface area contributed by atoms with Crippen LogP contribution in [0.2, 0.25) is 0 Å². The van der Waals surface area contributed by atoms with Crippen molar-refractivity contribution in [3.05, 3.63) is 47.2 Å². The SMILES string of the molecule is CN1CCCc2cc(/C=C/C=C3/OC(=S)N(CC(=O)O)C3=O)ccc21. The van der Waals surface area contributed by atoms with Gasteiger partial charge in [0.1, 0.15) is 6.54 Å². The fourth-order valence-corrected chi connectivity index (χ4v) is 3.18. The molecule has 0 spiro atoms. The number of aryl methyl sites for hydroxylation is 1. The first-order chi connectivity index (χ1) is 12.0. The van der Waals surface area contributed by atoms with E-state index in [1.54, 1.807) is 6.08 Å². The minimum Gasteiger partial charge on any atom is -0.480 e. The Hall–Kier alpha value is -2.67. The Morgan fingerprint density at radius 1 is 1.44 bits per heavy atom. The lowest BCUT2D eigenvalue weighted by molar-refractivity contribution is -0.140. The monoisotopic (exact) mass is 358 g/mol. The lowest BCUT2D eigenvalue weighted by Crippen LogP contribution is -2.33. The van der Waals surface area contributed by atoms with Gasteiger partial charge in [0.15, 0.2) is 5.76 Å². The molecule has 2 aliphatic rings. The van der Waals surface area contributed by atoms with Crippen molar-refractivity contribution in [1.29, 1.82) is 0 Å². The Kier molecular flexibility index (Phi) is 4.85. The van der Waals surface area contributed by atoms with Crippen LogP contribution in [0, 0.1) is 0 Å². The third-order valence-electron chi connectivity index (χ3n) is 4.16. The maximum Gasteiger partial charge on any atom is 0.323 e. The molecular formula is C18H18N2O4S. The molecule has 0 unspecified atom stereocenters. The number of thiocarbonyl (C=S) groups is 1. The molecule has 25 heavy (non-hydrogen) atoms. The molecule has 0 atom stereocenters. The summed E-state index contributed by atoms with van der Waals surface area (Å²) in [6, 6.07) is 6.26. The number of nitrogens with zero attached hydrogens (tertiary/aromatic N) is 2. The van der Waals surface area contributed by atoms with Gasteiger partial charge >= 0.3 is 5.97 Å². The highest BCUT2D eigenvalue weighted by atomic mass is 32.1. The number of ether oxygens (including phenoxy) is 1. The molecule has 0 aromatic heterocycles. The van der Waals surface area contributed by atoms with Gasteiger partial charge in [0.05, 0.1) is 0 Å². The average Bonchev–Trinajstić information content (AvgIpc) is 2.82. The lowest BCUT2D eigenvalue weighted by atomic mass is 9.99. The Balaban J connectivity index is 1.73. The molecule has 2 heterocycles. The number of carbonyl (C=O) groups excluding carboxylic acids is 1. The lowest BCUT2D eigenvalue weighted by Gasteiger charge is -2.27. The average molecular weight is 358 g/mol. The molecule has 3 rings (SSSR count). The number of rotatable bonds is 4. The predicted molar refractivity (Wildman–Crippen MR) is 98.2 cm³/mol. The third-order valence-corrected chi connectivity index (χ3v) is 4.46. The van der Waals surface area contributed by atoms with E-state index in [1.807, 2.05) is 12.1 Å². The summed E-state index contributed by atoms with van der Waals surface area (Å²) in [5.74, 6) is -1.65. The molecule has 0 aliphatic carbocycles. The molecule has 130 valence electrons. The fourth-order valence-electron chi connectivity index (χ4n) is 2.94. The standard InChI is InChI=1S/C18H18N2O4S/c1-19-9-3-5-13-10-12(7-8-14(13)19)4-2-6-15-17(23)20(11-16(21)22)18(25)24-15/h2,4,6-8,10H,3,5,9,11H2,1H3,(H,21,22)/b4-2+,15-6+. The Morgan fingerprint density at radius 3 is 3.00 bits per heavy atom. The second kappa shape index (κ2) is 7.06. The van der Waals surface area contributed by atoms with Crippen molar-refractivity contribution in [3.8, 4) is 0 Å². The van der Waals surface area contributed by atoms with E-state index in [1.165, 1.54) is 17.3 Å². The molecule has 7 heteroatoms. The van der Waals surface area contributed by atoms with Crippen LogP contribution < -0.4 is 4.90 Å². The molecular weight excluding hydrogens is 340 g/mol. The number of benzene rings is 1. The first-order valence-corrected chi connectivity index (χ1v) is 8.34. The number of amides is 1. The summed E-state index contributed by atoms with van der Waals surface area (Å²) >= 11 is 4.88. The molecule has 1 N–H and O–H groups in total. The summed E-state index contributed by atoms with van der Waals surface area (Å²) in [6.07, 6.45) is 7.28. The van der Waals surface area contributed by atoms with Crippen LogP contribution in [-0.4, -0.2) is 47.2 Å². The van der Waals surface area contributed by atoms with Crippen molar-refractivity contribution in [2.75, 3.05) is 25.0 Å². The van der Waals surface area contributed by atoms with Crippen molar-refractivity contribution >= 4 is 41.0 Å². The van der Waals surface area contributed by atoms with Crippen molar-refractivity contribution in [2.24, 2.45) is 0 Å². The minimum absolute atomic E-state index is 0.0280. The largest absolute Gasteiger partial charge is 0.480 e. The van der Waals surface area contributed by atoms with E-state index in [4.69, 9.17) is 22.1 Å². The van der Waals surface area contributed by atoms with Crippen LogP contribution in [0.3, 0.4) is 0 Å². The molecule has 1 aromatic rings. The summed E-state index contributed by atoms with van der Waals surface area (Å²) < 4.78 is 5.18. The summed E-state index contributed by atoms with van der Waals surface area (Å²) in [5, 5.41) is 8.65. The minimum atomic E-state index is -1.14. The van der Waals surface area contributed by atoms with Crippen molar-refractivity contribution in [3.63, 3.8) is 0 Å². The van der Waals surface area contributed by atoms with Crippen LogP contribution in [0.4, 0.5) is 5.69 Å². The molecule has 2 aliphatic heterocycles. The summed E-state index contributed by atoms with van der Waals surface area (Å²) in [6.45, 7) is 0.567. The normalized spacial score (nSPS) is 18.8. The Morgan fingerprint density at radius 2 is 2.24 bits per heavy atom. The maximum atomic E-state index is 12.1. The number of hydrogen-bond donors (Lipinski definition) is 1. The number of fused-ring (bicyclic) bond motifs is 1. The van der Waals surface area contributed by atoms with Gasteiger partial charge in [0.25, 0.3) is 11.1 Å². The van der Waals surface area contributed by atoms with E-state index in [0.717, 1.165) is 29.8 Å². The van der Waals surface area contributed by atoms with E-state index in [-0.39, 0.29) is 10.9 Å². The maximum absolute atomic E-state index is 12.1. The highest BCUT2D eigenvalue weighted by molar-refractivity contribution is 7.80. The van der Waals surface area contributed by atoms with Gasteiger partial charge in [0, 0.05) is 19.3 Å². The molecule has 1 fully saturated rings. The van der Waals surface area contributed by atoms with Crippen molar-refractivity contribution in [1.82, 2.24) is 4.90 Å². The van der Waals surface area contributed by atoms with Gasteiger partial charge in [0.2, 0.25) is 0 Å².